The Bertz CT molecular complexity index is 95.1. The van der Waals surface area contributed by atoms with Gasteiger partial charge in [-0.15, -0.1) is 0 Å². The monoisotopic (exact) mass is 166 g/mol. The molecular weight excluding hydrogens is 156 g/mol. The smallest absolute Gasteiger partial charge is 0.0547 e. The number of thioether (sulfide) groups is 1. The van der Waals surface area contributed by atoms with Gasteiger partial charge in [0.15, 0.2) is 0 Å². The lowest BCUT2D eigenvalue weighted by atomic mass is 10.5. The van der Waals surface area contributed by atoms with Crippen LogP contribution in [0.2, 0.25) is 0 Å². The highest BCUT2D eigenvalue weighted by Gasteiger charge is 1.98. The zero-order valence-corrected chi connectivity index (χ0v) is 7.00. The van der Waals surface area contributed by atoms with Crippen molar-refractivity contribution in [2.75, 3.05) is 12.4 Å². The van der Waals surface area contributed by atoms with Crippen LogP contribution in [-0.2, 0) is 0 Å². The van der Waals surface area contributed by atoms with Crippen molar-refractivity contribution in [3.8, 4) is 0 Å². The first-order valence-corrected chi connectivity index (χ1v) is 4.15. The maximum Gasteiger partial charge on any atom is 0.0547 e. The van der Waals surface area contributed by atoms with Crippen molar-refractivity contribution in [1.82, 2.24) is 0 Å². The van der Waals surface area contributed by atoms with Gasteiger partial charge in [0.2, 0.25) is 0 Å². The lowest BCUT2D eigenvalue weighted by Gasteiger charge is -2.04. The molecule has 0 aliphatic rings. The Morgan fingerprint density at radius 3 is 2.78 bits per heavy atom. The lowest BCUT2D eigenvalue weighted by molar-refractivity contribution is 0.300. The van der Waals surface area contributed by atoms with Crippen LogP contribution in [-0.4, -0.2) is 22.7 Å². The van der Waals surface area contributed by atoms with E-state index in [-0.39, 0.29) is 11.9 Å². The summed E-state index contributed by atoms with van der Waals surface area (Å²) in [6.45, 7) is 5.68. The summed E-state index contributed by atoms with van der Waals surface area (Å²) in [7, 11) is 0. The van der Waals surface area contributed by atoms with Crippen molar-refractivity contribution in [1.29, 1.82) is 0 Å². The SMILES string of the molecule is C=C(Cl)CSC(C)CO. The molecule has 3 heteroatoms. The second kappa shape index (κ2) is 5.15. The molecule has 1 N–H and O–H groups in total. The summed E-state index contributed by atoms with van der Waals surface area (Å²) < 4.78 is 0. The van der Waals surface area contributed by atoms with Crippen LogP contribution in [0.25, 0.3) is 0 Å². The number of rotatable bonds is 4. The molecule has 0 aromatic carbocycles. The maximum atomic E-state index is 8.55. The Morgan fingerprint density at radius 1 is 1.89 bits per heavy atom. The maximum absolute atomic E-state index is 8.55. The molecule has 0 spiro atoms. The number of aliphatic hydroxyl groups excluding tert-OH is 1. The average molecular weight is 167 g/mol. The third-order valence-corrected chi connectivity index (χ3v) is 2.31. The lowest BCUT2D eigenvalue weighted by Crippen LogP contribution is -2.02. The largest absolute Gasteiger partial charge is 0.395 e. The summed E-state index contributed by atoms with van der Waals surface area (Å²) in [4.78, 5) is 0. The van der Waals surface area contributed by atoms with Crippen molar-refractivity contribution in [3.05, 3.63) is 11.6 Å². The second-order valence-electron chi connectivity index (χ2n) is 1.82. The third kappa shape index (κ3) is 6.22. The van der Waals surface area contributed by atoms with Gasteiger partial charge in [0.25, 0.3) is 0 Å². The van der Waals surface area contributed by atoms with E-state index in [1.165, 1.54) is 0 Å². The predicted octanol–water partition coefficient (Wildman–Crippen LogP) is 1.85. The highest BCUT2D eigenvalue weighted by atomic mass is 35.5. The van der Waals surface area contributed by atoms with Crippen LogP contribution in [0.1, 0.15) is 6.92 Å². The molecule has 0 fully saturated rings. The van der Waals surface area contributed by atoms with Gasteiger partial charge < -0.3 is 5.11 Å². The third-order valence-electron chi connectivity index (χ3n) is 0.782. The molecule has 0 aromatic heterocycles. The Labute approximate surface area is 65.1 Å². The zero-order valence-electron chi connectivity index (χ0n) is 5.43. The van der Waals surface area contributed by atoms with Gasteiger partial charge in [-0.3, -0.25) is 0 Å². The quantitative estimate of drug-likeness (QED) is 0.688. The highest BCUT2D eigenvalue weighted by molar-refractivity contribution is 8.00. The Hall–Kier alpha value is 0.340. The fraction of sp³-hybridized carbons (Fsp3) is 0.667. The minimum atomic E-state index is 0.203. The molecule has 1 nitrogen and oxygen atoms in total. The number of aliphatic hydroxyl groups is 1. The Morgan fingerprint density at radius 2 is 2.44 bits per heavy atom. The van der Waals surface area contributed by atoms with E-state index in [4.69, 9.17) is 16.7 Å². The molecule has 54 valence electrons. The fourth-order valence-electron chi connectivity index (χ4n) is 0.285. The van der Waals surface area contributed by atoms with E-state index in [9.17, 15) is 0 Å². The molecule has 0 radical (unpaired) electrons. The Kier molecular flexibility index (Phi) is 5.35. The van der Waals surface area contributed by atoms with E-state index in [1.54, 1.807) is 11.8 Å². The standard InChI is InChI=1S/C6H11ClOS/c1-5(7)4-9-6(2)3-8/h6,8H,1,3-4H2,2H3. The second-order valence-corrected chi connectivity index (χ2v) is 3.78. The van der Waals surface area contributed by atoms with Gasteiger partial charge in [-0.1, -0.05) is 25.1 Å². The highest BCUT2D eigenvalue weighted by Crippen LogP contribution is 2.14. The first kappa shape index (κ1) is 9.34. The molecule has 0 bridgehead atoms. The van der Waals surface area contributed by atoms with E-state index in [2.05, 4.69) is 6.58 Å². The molecule has 1 unspecified atom stereocenters. The summed E-state index contributed by atoms with van der Waals surface area (Å²) in [5, 5.41) is 9.46. The average Bonchev–Trinajstić information content (AvgIpc) is 1.83. The van der Waals surface area contributed by atoms with E-state index in [0.717, 1.165) is 5.75 Å². The van der Waals surface area contributed by atoms with Crippen LogP contribution in [0, 0.1) is 0 Å². The van der Waals surface area contributed by atoms with E-state index >= 15 is 0 Å². The van der Waals surface area contributed by atoms with Crippen molar-refractivity contribution in [2.24, 2.45) is 0 Å². The van der Waals surface area contributed by atoms with Gasteiger partial charge in [0.05, 0.1) is 6.61 Å². The summed E-state index contributed by atoms with van der Waals surface area (Å²) in [6, 6.07) is 0. The number of hydrogen-bond donors (Lipinski definition) is 1. The minimum absolute atomic E-state index is 0.203. The van der Waals surface area contributed by atoms with Crippen molar-refractivity contribution in [2.45, 2.75) is 12.2 Å². The first-order chi connectivity index (χ1) is 4.16. The normalized spacial score (nSPS) is 13.2. The first-order valence-electron chi connectivity index (χ1n) is 2.72. The topological polar surface area (TPSA) is 20.2 Å². The van der Waals surface area contributed by atoms with Crippen LogP contribution in [0.5, 0.6) is 0 Å². The van der Waals surface area contributed by atoms with Crippen LogP contribution in [0.4, 0.5) is 0 Å². The number of halogens is 1. The molecular formula is C6H11ClOS. The molecule has 0 rings (SSSR count). The summed E-state index contributed by atoms with van der Waals surface area (Å²) >= 11 is 7.08. The van der Waals surface area contributed by atoms with Crippen molar-refractivity contribution < 1.29 is 5.11 Å². The van der Waals surface area contributed by atoms with Gasteiger partial charge in [0, 0.05) is 16.0 Å². The van der Waals surface area contributed by atoms with Crippen LogP contribution < -0.4 is 0 Å². The molecule has 0 saturated heterocycles. The zero-order chi connectivity index (χ0) is 7.28. The summed E-state index contributed by atoms with van der Waals surface area (Å²) in [5.74, 6) is 0.725. The molecule has 0 aliphatic carbocycles. The van der Waals surface area contributed by atoms with Gasteiger partial charge in [-0.25, -0.2) is 0 Å². The van der Waals surface area contributed by atoms with E-state index < -0.39 is 0 Å². The van der Waals surface area contributed by atoms with Crippen molar-refractivity contribution >= 4 is 23.4 Å². The van der Waals surface area contributed by atoms with Gasteiger partial charge in [0.1, 0.15) is 0 Å². The Balaban J connectivity index is 3.16. The molecule has 0 aromatic rings. The fourth-order valence-corrected chi connectivity index (χ4v) is 1.05. The van der Waals surface area contributed by atoms with Crippen molar-refractivity contribution in [3.63, 3.8) is 0 Å². The molecule has 9 heavy (non-hydrogen) atoms. The van der Waals surface area contributed by atoms with Gasteiger partial charge >= 0.3 is 0 Å². The summed E-state index contributed by atoms with van der Waals surface area (Å²) in [6.07, 6.45) is 0. The molecule has 0 aliphatic heterocycles. The molecule has 0 heterocycles. The van der Waals surface area contributed by atoms with Gasteiger partial charge in [-0.05, 0) is 0 Å². The minimum Gasteiger partial charge on any atom is -0.395 e. The van der Waals surface area contributed by atoms with E-state index in [0.29, 0.717) is 5.03 Å². The molecule has 1 atom stereocenters. The van der Waals surface area contributed by atoms with E-state index in [1.807, 2.05) is 6.92 Å². The van der Waals surface area contributed by atoms with Crippen LogP contribution >= 0.6 is 23.4 Å². The number of hydrogen-bond acceptors (Lipinski definition) is 2. The molecule has 0 saturated carbocycles. The molecule has 0 amide bonds. The summed E-state index contributed by atoms with van der Waals surface area (Å²) in [5.41, 5.74) is 0. The van der Waals surface area contributed by atoms with Crippen LogP contribution in [0.15, 0.2) is 11.6 Å². The van der Waals surface area contributed by atoms with Gasteiger partial charge in [-0.2, -0.15) is 11.8 Å². The van der Waals surface area contributed by atoms with Crippen LogP contribution in [0.3, 0.4) is 0 Å². The predicted molar refractivity (Wildman–Crippen MR) is 44.0 cm³/mol.